The number of nitrogens with zero attached hydrogens (tertiary/aromatic N) is 1. The van der Waals surface area contributed by atoms with Crippen molar-refractivity contribution < 1.29 is 4.79 Å². The van der Waals surface area contributed by atoms with Crippen LogP contribution in [0.25, 0.3) is 0 Å². The van der Waals surface area contributed by atoms with E-state index in [1.54, 1.807) is 5.51 Å². The average molecular weight is 296 g/mol. The lowest BCUT2D eigenvalue weighted by atomic mass is 10.3. The number of hydrogen-bond acceptors (Lipinski definition) is 4. The van der Waals surface area contributed by atoms with Crippen molar-refractivity contribution in [3.05, 3.63) is 16.1 Å². The van der Waals surface area contributed by atoms with Crippen LogP contribution in [0.5, 0.6) is 0 Å². The normalized spacial score (nSPS) is 28.6. The van der Waals surface area contributed by atoms with Gasteiger partial charge in [-0.3, -0.25) is 4.79 Å². The largest absolute Gasteiger partial charge is 0.348 e. The molecule has 1 saturated carbocycles. The molecule has 1 amide bonds. The molecule has 2 atom stereocenters. The van der Waals surface area contributed by atoms with E-state index in [2.05, 4.69) is 15.6 Å². The number of carbonyl (C=O) groups excluding carboxylic acids is 1. The van der Waals surface area contributed by atoms with Gasteiger partial charge in [-0.05, 0) is 18.8 Å². The fourth-order valence-corrected chi connectivity index (χ4v) is 3.07. The number of aromatic nitrogens is 1. The molecule has 2 heterocycles. The summed E-state index contributed by atoms with van der Waals surface area (Å²) in [6.45, 7) is 3.98. The van der Waals surface area contributed by atoms with Gasteiger partial charge in [0.1, 0.15) is 4.88 Å². The third-order valence-corrected chi connectivity index (χ3v) is 4.27. The van der Waals surface area contributed by atoms with Crippen LogP contribution in [0.4, 0.5) is 0 Å². The van der Waals surface area contributed by atoms with Crippen LogP contribution in [0.15, 0.2) is 5.51 Å². The molecule has 1 aliphatic carbocycles. The van der Waals surface area contributed by atoms with Gasteiger partial charge in [-0.2, -0.15) is 0 Å². The van der Waals surface area contributed by atoms with Crippen molar-refractivity contribution in [3.8, 4) is 0 Å². The molecule has 3 rings (SSSR count). The zero-order valence-electron chi connectivity index (χ0n) is 9.30. The quantitative estimate of drug-likeness (QED) is 0.863. The molecule has 4 nitrogen and oxygen atoms in total. The van der Waals surface area contributed by atoms with E-state index < -0.39 is 0 Å². The van der Waals surface area contributed by atoms with Crippen molar-refractivity contribution in [3.63, 3.8) is 0 Å². The van der Waals surface area contributed by atoms with E-state index in [9.17, 15) is 4.79 Å². The van der Waals surface area contributed by atoms with E-state index in [1.165, 1.54) is 11.3 Å². The highest BCUT2D eigenvalue weighted by atomic mass is 35.5. The molecule has 2 aliphatic rings. The number of thiazole rings is 1. The van der Waals surface area contributed by atoms with Crippen LogP contribution in [0.1, 0.15) is 15.4 Å². The second-order valence-corrected chi connectivity index (χ2v) is 5.11. The molecule has 1 aliphatic heterocycles. The van der Waals surface area contributed by atoms with Crippen LogP contribution in [0, 0.1) is 18.8 Å². The van der Waals surface area contributed by atoms with E-state index >= 15 is 0 Å². The van der Waals surface area contributed by atoms with Crippen LogP contribution in [-0.2, 0) is 0 Å². The van der Waals surface area contributed by atoms with Crippen LogP contribution in [0.2, 0.25) is 0 Å². The highest BCUT2D eigenvalue weighted by molar-refractivity contribution is 7.11. The number of amides is 1. The van der Waals surface area contributed by atoms with Gasteiger partial charge in [0.25, 0.3) is 5.91 Å². The van der Waals surface area contributed by atoms with Crippen molar-refractivity contribution in [1.82, 2.24) is 15.6 Å². The Hall–Kier alpha value is -0.360. The molecule has 2 fully saturated rings. The summed E-state index contributed by atoms with van der Waals surface area (Å²) in [6, 6.07) is 0.403. The molecule has 0 bridgehead atoms. The van der Waals surface area contributed by atoms with Crippen LogP contribution in [-0.4, -0.2) is 30.0 Å². The smallest absolute Gasteiger partial charge is 0.263 e. The predicted octanol–water partition coefficient (Wildman–Crippen LogP) is 1.24. The Labute approximate surface area is 116 Å². The van der Waals surface area contributed by atoms with Gasteiger partial charge >= 0.3 is 0 Å². The molecule has 1 aromatic rings. The lowest BCUT2D eigenvalue weighted by Gasteiger charge is -2.06. The van der Waals surface area contributed by atoms with Gasteiger partial charge in [0.15, 0.2) is 0 Å². The molecule has 17 heavy (non-hydrogen) atoms. The zero-order valence-corrected chi connectivity index (χ0v) is 11.8. The van der Waals surface area contributed by atoms with Gasteiger partial charge in [-0.15, -0.1) is 36.2 Å². The fraction of sp³-hybridized carbons (Fsp3) is 0.600. The Morgan fingerprint density at radius 2 is 2.12 bits per heavy atom. The van der Waals surface area contributed by atoms with E-state index in [-0.39, 0.29) is 30.7 Å². The molecular weight excluding hydrogens is 281 g/mol. The number of rotatable bonds is 2. The monoisotopic (exact) mass is 295 g/mol. The summed E-state index contributed by atoms with van der Waals surface area (Å²) in [5, 5.41) is 6.40. The van der Waals surface area contributed by atoms with Crippen molar-refractivity contribution in [2.45, 2.75) is 13.0 Å². The Morgan fingerprint density at radius 1 is 1.47 bits per heavy atom. The van der Waals surface area contributed by atoms with E-state index in [1.807, 2.05) is 6.92 Å². The third-order valence-electron chi connectivity index (χ3n) is 3.34. The first kappa shape index (κ1) is 14.7. The second-order valence-electron chi connectivity index (χ2n) is 4.25. The van der Waals surface area contributed by atoms with Crippen molar-refractivity contribution in [2.24, 2.45) is 11.8 Å². The Bertz CT molecular complexity index is 402. The molecule has 2 N–H and O–H groups in total. The predicted molar refractivity (Wildman–Crippen MR) is 72.5 cm³/mol. The van der Waals surface area contributed by atoms with E-state index in [0.29, 0.717) is 17.9 Å². The Kier molecular flexibility index (Phi) is 4.77. The number of piperidine rings is 1. The fourth-order valence-electron chi connectivity index (χ4n) is 2.37. The maximum atomic E-state index is 11.8. The molecule has 0 spiro atoms. The van der Waals surface area contributed by atoms with Gasteiger partial charge in [0.2, 0.25) is 0 Å². The summed E-state index contributed by atoms with van der Waals surface area (Å²) in [5.74, 6) is 1.39. The Morgan fingerprint density at radius 3 is 2.65 bits per heavy atom. The zero-order chi connectivity index (χ0) is 10.4. The van der Waals surface area contributed by atoms with Gasteiger partial charge in [0.05, 0.1) is 11.2 Å². The summed E-state index contributed by atoms with van der Waals surface area (Å²) < 4.78 is 0. The minimum atomic E-state index is 0. The van der Waals surface area contributed by atoms with Crippen LogP contribution in [0.3, 0.4) is 0 Å². The summed E-state index contributed by atoms with van der Waals surface area (Å²) in [4.78, 5) is 16.7. The minimum Gasteiger partial charge on any atom is -0.348 e. The molecular formula is C10H15Cl2N3OS. The number of aryl methyl sites for hydroxylation is 1. The van der Waals surface area contributed by atoms with E-state index in [0.717, 1.165) is 23.7 Å². The van der Waals surface area contributed by atoms with Gasteiger partial charge < -0.3 is 10.6 Å². The van der Waals surface area contributed by atoms with Crippen LogP contribution >= 0.6 is 36.2 Å². The summed E-state index contributed by atoms with van der Waals surface area (Å²) in [5.41, 5.74) is 2.56. The lowest BCUT2D eigenvalue weighted by Crippen LogP contribution is -2.32. The van der Waals surface area contributed by atoms with Crippen molar-refractivity contribution in [1.29, 1.82) is 0 Å². The number of fused-ring (bicyclic) bond motifs is 1. The highest BCUT2D eigenvalue weighted by Crippen LogP contribution is 2.41. The number of halogens is 2. The van der Waals surface area contributed by atoms with E-state index in [4.69, 9.17) is 0 Å². The molecule has 0 radical (unpaired) electrons. The first-order valence-electron chi connectivity index (χ1n) is 5.19. The maximum absolute atomic E-state index is 11.8. The first-order chi connectivity index (χ1) is 7.27. The van der Waals surface area contributed by atoms with Crippen molar-refractivity contribution >= 4 is 42.1 Å². The SMILES string of the molecule is Cc1ncsc1C(=O)NC1C2CNCC21.Cl.Cl. The molecule has 1 aromatic heterocycles. The summed E-state index contributed by atoms with van der Waals surface area (Å²) >= 11 is 1.42. The van der Waals surface area contributed by atoms with Gasteiger partial charge in [-0.1, -0.05) is 0 Å². The molecule has 1 saturated heterocycles. The van der Waals surface area contributed by atoms with Gasteiger partial charge in [0, 0.05) is 19.1 Å². The molecule has 0 aromatic carbocycles. The molecule has 2 unspecified atom stereocenters. The number of hydrogen-bond donors (Lipinski definition) is 2. The first-order valence-corrected chi connectivity index (χ1v) is 6.07. The summed E-state index contributed by atoms with van der Waals surface area (Å²) in [7, 11) is 0. The lowest BCUT2D eigenvalue weighted by molar-refractivity contribution is 0.0950. The topological polar surface area (TPSA) is 54.0 Å². The van der Waals surface area contributed by atoms with Crippen molar-refractivity contribution in [2.75, 3.05) is 13.1 Å². The molecule has 96 valence electrons. The maximum Gasteiger partial charge on any atom is 0.263 e. The standard InChI is InChI=1S/C10H13N3OS.2ClH/c1-5-9(15-4-12-5)10(14)13-8-6-2-11-3-7(6)8;;/h4,6-8,11H,2-3H2,1H3,(H,13,14);2*1H. The van der Waals surface area contributed by atoms with Crippen LogP contribution < -0.4 is 10.6 Å². The number of carbonyl (C=O) groups is 1. The summed E-state index contributed by atoms with van der Waals surface area (Å²) in [6.07, 6.45) is 0. The Balaban J connectivity index is 0.000000722. The molecule has 7 heteroatoms. The second kappa shape index (κ2) is 5.52. The minimum absolute atomic E-state index is 0. The number of nitrogens with one attached hydrogen (secondary N) is 2. The highest BCUT2D eigenvalue weighted by Gasteiger charge is 2.53. The van der Waals surface area contributed by atoms with Gasteiger partial charge in [-0.25, -0.2) is 4.98 Å². The third kappa shape index (κ3) is 2.57. The average Bonchev–Trinajstić information content (AvgIpc) is 2.66.